The molecule has 160 valence electrons. The number of aliphatic carboxylic acids is 1. The maximum absolute atomic E-state index is 12.7. The Bertz CT molecular complexity index is 914. The Kier molecular flexibility index (Phi) is 6.40. The van der Waals surface area contributed by atoms with Gasteiger partial charge in [-0.05, 0) is 12.1 Å². The fourth-order valence-corrected chi connectivity index (χ4v) is 3.18. The summed E-state index contributed by atoms with van der Waals surface area (Å²) in [5.74, 6) is -5.26. The number of nitrogens with zero attached hydrogens (tertiary/aromatic N) is 2. The number of carbonyl (C=O) groups is 5. The van der Waals surface area contributed by atoms with Crippen LogP contribution in [0.15, 0.2) is 24.3 Å². The topological polar surface area (TPSA) is 200 Å². The Morgan fingerprint density at radius 2 is 1.70 bits per heavy atom. The van der Waals surface area contributed by atoms with Crippen LogP contribution >= 0.6 is 0 Å². The van der Waals surface area contributed by atoms with Crippen molar-refractivity contribution in [3.8, 4) is 0 Å². The van der Waals surface area contributed by atoms with E-state index in [2.05, 4.69) is 5.32 Å². The van der Waals surface area contributed by atoms with Gasteiger partial charge in [-0.1, -0.05) is 12.1 Å². The molecule has 30 heavy (non-hydrogen) atoms. The zero-order valence-electron chi connectivity index (χ0n) is 16.2. The lowest BCUT2D eigenvalue weighted by molar-refractivity contribution is -0.169. The highest BCUT2D eigenvalue weighted by Crippen LogP contribution is 2.26. The first-order valence-electron chi connectivity index (χ1n) is 8.81. The lowest BCUT2D eigenvalue weighted by Gasteiger charge is -2.45. The van der Waals surface area contributed by atoms with E-state index >= 15 is 0 Å². The standard InChI is InChI=1S/C18H22N6O6/c1-23-6-7-24(18(16(21)29,17(23)30)8-13(26)27)12(25)9-22-15(28)11-4-2-10(3-5-11)14(19)20/h2-5H,6-9H2,1H3,(H3,19,20)(H2,21,29)(H,22,28)(H,26,27)/t18-/m0/s1. The number of carboxylic acids is 1. The summed E-state index contributed by atoms with van der Waals surface area (Å²) >= 11 is 0. The van der Waals surface area contributed by atoms with Gasteiger partial charge in [-0.3, -0.25) is 29.4 Å². The SMILES string of the molecule is CN1CCN(C(=O)CNC(=O)c2ccc(C(=N)N)cc2)[C@@](CC(=O)O)(C(N)=O)C1=O. The predicted molar refractivity (Wildman–Crippen MR) is 103 cm³/mol. The highest BCUT2D eigenvalue weighted by Gasteiger charge is 2.56. The van der Waals surface area contributed by atoms with E-state index in [1.165, 1.54) is 31.3 Å². The molecule has 1 aromatic carbocycles. The monoisotopic (exact) mass is 418 g/mol. The van der Waals surface area contributed by atoms with E-state index in [1.54, 1.807) is 0 Å². The molecule has 1 heterocycles. The summed E-state index contributed by atoms with van der Waals surface area (Å²) in [6.45, 7) is -0.640. The molecule has 2 rings (SSSR count). The molecular formula is C18H22N6O6. The van der Waals surface area contributed by atoms with Crippen LogP contribution in [0.25, 0.3) is 0 Å². The van der Waals surface area contributed by atoms with Crippen LogP contribution < -0.4 is 16.8 Å². The molecular weight excluding hydrogens is 396 g/mol. The molecule has 12 heteroatoms. The van der Waals surface area contributed by atoms with Gasteiger partial charge in [-0.2, -0.15) is 0 Å². The zero-order valence-corrected chi connectivity index (χ0v) is 16.2. The van der Waals surface area contributed by atoms with E-state index in [4.69, 9.17) is 16.9 Å². The second-order valence-electron chi connectivity index (χ2n) is 6.74. The molecule has 1 aliphatic rings. The first kappa shape index (κ1) is 22.3. The quantitative estimate of drug-likeness (QED) is 0.186. The van der Waals surface area contributed by atoms with Gasteiger partial charge in [0, 0.05) is 31.3 Å². The number of amides is 4. The van der Waals surface area contributed by atoms with E-state index in [9.17, 15) is 29.1 Å². The average Bonchev–Trinajstić information content (AvgIpc) is 2.69. The molecule has 1 fully saturated rings. The van der Waals surface area contributed by atoms with Gasteiger partial charge >= 0.3 is 5.97 Å². The first-order chi connectivity index (χ1) is 14.0. The van der Waals surface area contributed by atoms with Gasteiger partial charge in [0.25, 0.3) is 17.7 Å². The Morgan fingerprint density at radius 3 is 2.20 bits per heavy atom. The number of hydrogen-bond donors (Lipinski definition) is 5. The third-order valence-electron chi connectivity index (χ3n) is 4.79. The molecule has 0 spiro atoms. The highest BCUT2D eigenvalue weighted by atomic mass is 16.4. The fraction of sp³-hybridized carbons (Fsp3) is 0.333. The van der Waals surface area contributed by atoms with Gasteiger partial charge in [0.2, 0.25) is 11.4 Å². The summed E-state index contributed by atoms with van der Waals surface area (Å²) < 4.78 is 0. The third kappa shape index (κ3) is 4.21. The van der Waals surface area contributed by atoms with E-state index in [1.807, 2.05) is 0 Å². The lowest BCUT2D eigenvalue weighted by atomic mass is 9.87. The van der Waals surface area contributed by atoms with Crippen molar-refractivity contribution in [3.63, 3.8) is 0 Å². The Morgan fingerprint density at radius 1 is 1.13 bits per heavy atom. The number of nitrogens with two attached hydrogens (primary N) is 2. The maximum atomic E-state index is 12.7. The summed E-state index contributed by atoms with van der Waals surface area (Å²) in [7, 11) is 1.37. The smallest absolute Gasteiger partial charge is 0.306 e. The molecule has 0 saturated carbocycles. The second kappa shape index (κ2) is 8.59. The summed E-state index contributed by atoms with van der Waals surface area (Å²) in [5, 5.41) is 18.9. The Balaban J connectivity index is 2.19. The van der Waals surface area contributed by atoms with Crippen molar-refractivity contribution in [2.75, 3.05) is 26.7 Å². The molecule has 12 nitrogen and oxygen atoms in total. The highest BCUT2D eigenvalue weighted by molar-refractivity contribution is 6.14. The number of nitrogen functional groups attached to an aromatic ring is 1. The Hall–Kier alpha value is -3.96. The third-order valence-corrected chi connectivity index (χ3v) is 4.79. The first-order valence-corrected chi connectivity index (χ1v) is 8.81. The minimum atomic E-state index is -2.37. The largest absolute Gasteiger partial charge is 0.481 e. The average molecular weight is 418 g/mol. The summed E-state index contributed by atoms with van der Waals surface area (Å²) in [5.41, 5.74) is 8.94. The van der Waals surface area contributed by atoms with Gasteiger partial charge < -0.3 is 31.7 Å². The predicted octanol–water partition coefficient (Wildman–Crippen LogP) is -2.30. The zero-order chi connectivity index (χ0) is 22.6. The van der Waals surface area contributed by atoms with Gasteiger partial charge in [0.05, 0.1) is 13.0 Å². The number of nitrogens with one attached hydrogen (secondary N) is 2. The number of amidine groups is 1. The summed E-state index contributed by atoms with van der Waals surface area (Å²) in [6.07, 6.45) is -0.988. The summed E-state index contributed by atoms with van der Waals surface area (Å²) in [6, 6.07) is 5.74. The number of likely N-dealkylation sites (N-methyl/N-ethyl adjacent to an activating group) is 1. The minimum absolute atomic E-state index is 0.0691. The molecule has 0 aliphatic carbocycles. The number of carbonyl (C=O) groups excluding carboxylic acids is 4. The number of piperazine rings is 1. The van der Waals surface area contributed by atoms with Crippen LogP contribution in [0.3, 0.4) is 0 Å². The van der Waals surface area contributed by atoms with Crippen molar-refractivity contribution in [2.24, 2.45) is 11.5 Å². The molecule has 7 N–H and O–H groups in total. The molecule has 0 radical (unpaired) electrons. The fourth-order valence-electron chi connectivity index (χ4n) is 3.18. The molecule has 0 aromatic heterocycles. The van der Waals surface area contributed by atoms with Crippen LogP contribution in [0, 0.1) is 5.41 Å². The van der Waals surface area contributed by atoms with E-state index in [-0.39, 0.29) is 24.5 Å². The minimum Gasteiger partial charge on any atom is -0.481 e. The number of primary amides is 1. The molecule has 1 aromatic rings. The van der Waals surface area contributed by atoms with Crippen LogP contribution in [0.4, 0.5) is 0 Å². The Labute approximate surface area is 171 Å². The van der Waals surface area contributed by atoms with Crippen molar-refractivity contribution in [2.45, 2.75) is 12.0 Å². The number of benzene rings is 1. The number of carboxylic acid groups (broad SMARTS) is 1. The van der Waals surface area contributed by atoms with Crippen molar-refractivity contribution in [3.05, 3.63) is 35.4 Å². The van der Waals surface area contributed by atoms with Crippen molar-refractivity contribution in [1.82, 2.24) is 15.1 Å². The van der Waals surface area contributed by atoms with Crippen LogP contribution in [0.1, 0.15) is 22.3 Å². The van der Waals surface area contributed by atoms with Crippen LogP contribution in [0.2, 0.25) is 0 Å². The number of hydrogen-bond acceptors (Lipinski definition) is 6. The molecule has 1 saturated heterocycles. The van der Waals surface area contributed by atoms with Crippen LogP contribution in [-0.2, 0) is 19.2 Å². The maximum Gasteiger partial charge on any atom is 0.306 e. The van der Waals surface area contributed by atoms with E-state index in [0.717, 1.165) is 9.80 Å². The van der Waals surface area contributed by atoms with Crippen LogP contribution in [0.5, 0.6) is 0 Å². The normalized spacial score (nSPS) is 18.6. The molecule has 0 unspecified atom stereocenters. The molecule has 0 bridgehead atoms. The van der Waals surface area contributed by atoms with E-state index in [0.29, 0.717) is 5.56 Å². The van der Waals surface area contributed by atoms with Gasteiger partial charge in [-0.15, -0.1) is 0 Å². The molecule has 1 atom stereocenters. The molecule has 4 amide bonds. The lowest BCUT2D eigenvalue weighted by Crippen LogP contribution is -2.73. The second-order valence-corrected chi connectivity index (χ2v) is 6.74. The van der Waals surface area contributed by atoms with Crippen molar-refractivity contribution >= 4 is 35.4 Å². The van der Waals surface area contributed by atoms with Gasteiger partial charge in [-0.25, -0.2) is 0 Å². The van der Waals surface area contributed by atoms with Gasteiger partial charge in [0.15, 0.2) is 0 Å². The van der Waals surface area contributed by atoms with E-state index < -0.39 is 48.1 Å². The van der Waals surface area contributed by atoms with Crippen molar-refractivity contribution < 1.29 is 29.1 Å². The molecule has 1 aliphatic heterocycles. The van der Waals surface area contributed by atoms with Crippen LogP contribution in [-0.4, -0.2) is 82.6 Å². The van der Waals surface area contributed by atoms with Gasteiger partial charge in [0.1, 0.15) is 5.84 Å². The summed E-state index contributed by atoms with van der Waals surface area (Å²) in [4.78, 5) is 63.0. The van der Waals surface area contributed by atoms with Crippen molar-refractivity contribution in [1.29, 1.82) is 5.41 Å². The number of rotatable bonds is 7.